The zero-order valence-corrected chi connectivity index (χ0v) is 10.9. The second-order valence-corrected chi connectivity index (χ2v) is 5.28. The molecule has 1 unspecified atom stereocenters. The van der Waals surface area contributed by atoms with E-state index in [2.05, 4.69) is 40.8 Å². The van der Waals surface area contributed by atoms with E-state index in [9.17, 15) is 0 Å². The summed E-state index contributed by atoms with van der Waals surface area (Å²) in [6, 6.07) is 8.66. The van der Waals surface area contributed by atoms with Crippen LogP contribution in [0.15, 0.2) is 40.9 Å². The van der Waals surface area contributed by atoms with Gasteiger partial charge in [0, 0.05) is 4.88 Å². The summed E-state index contributed by atoms with van der Waals surface area (Å²) >= 11 is 3.43. The highest BCUT2D eigenvalue weighted by molar-refractivity contribution is 7.98. The van der Waals surface area contributed by atoms with E-state index in [1.54, 1.807) is 23.1 Å². The van der Waals surface area contributed by atoms with Gasteiger partial charge in [0.05, 0.1) is 23.0 Å². The first-order valence-corrected chi connectivity index (χ1v) is 7.20. The molecule has 0 aromatic carbocycles. The average Bonchev–Trinajstić information content (AvgIpc) is 2.83. The summed E-state index contributed by atoms with van der Waals surface area (Å²) in [4.78, 5) is 5.68. The predicted molar refractivity (Wildman–Crippen MR) is 72.4 cm³/mol. The minimum absolute atomic E-state index is 0.335. The van der Waals surface area contributed by atoms with Crippen LogP contribution in [-0.4, -0.2) is 11.2 Å². The van der Waals surface area contributed by atoms with Gasteiger partial charge in [-0.3, -0.25) is 0 Å². The molecule has 0 radical (unpaired) electrons. The Bertz CT molecular complexity index is 423. The summed E-state index contributed by atoms with van der Waals surface area (Å²) in [6.07, 6.45) is 3.92. The molecule has 2 rings (SSSR count). The van der Waals surface area contributed by atoms with Crippen molar-refractivity contribution in [3.05, 3.63) is 40.7 Å². The Balaban J connectivity index is 2.03. The molecule has 2 nitrogen and oxygen atoms in total. The van der Waals surface area contributed by atoms with Crippen molar-refractivity contribution in [3.8, 4) is 0 Å². The Morgan fingerprint density at radius 2 is 2.25 bits per heavy atom. The third-order valence-corrected chi connectivity index (χ3v) is 4.01. The van der Waals surface area contributed by atoms with Gasteiger partial charge in [0.25, 0.3) is 0 Å². The van der Waals surface area contributed by atoms with Gasteiger partial charge in [0.1, 0.15) is 0 Å². The SMILES string of the molecule is CSc1ccc(NC(C)c2cccs2)cn1. The quantitative estimate of drug-likeness (QED) is 0.829. The van der Waals surface area contributed by atoms with E-state index in [4.69, 9.17) is 0 Å². The number of nitrogens with one attached hydrogen (secondary N) is 1. The fourth-order valence-electron chi connectivity index (χ4n) is 1.45. The molecule has 0 saturated carbocycles. The van der Waals surface area contributed by atoms with E-state index in [-0.39, 0.29) is 0 Å². The van der Waals surface area contributed by atoms with Crippen LogP contribution in [0, 0.1) is 0 Å². The van der Waals surface area contributed by atoms with Gasteiger partial charge in [-0.15, -0.1) is 23.1 Å². The molecule has 0 amide bonds. The van der Waals surface area contributed by atoms with Crippen molar-refractivity contribution in [1.82, 2.24) is 4.98 Å². The lowest BCUT2D eigenvalue weighted by Crippen LogP contribution is -2.04. The number of pyridine rings is 1. The fraction of sp³-hybridized carbons (Fsp3) is 0.250. The van der Waals surface area contributed by atoms with Gasteiger partial charge >= 0.3 is 0 Å². The van der Waals surface area contributed by atoms with Crippen molar-refractivity contribution in [3.63, 3.8) is 0 Å². The van der Waals surface area contributed by atoms with Crippen LogP contribution in [-0.2, 0) is 0 Å². The average molecular weight is 250 g/mol. The first kappa shape index (κ1) is 11.5. The number of thiophene rings is 1. The van der Waals surface area contributed by atoms with E-state index in [1.165, 1.54) is 4.88 Å². The summed E-state index contributed by atoms with van der Waals surface area (Å²) in [7, 11) is 0. The fourth-order valence-corrected chi connectivity index (χ4v) is 2.54. The lowest BCUT2D eigenvalue weighted by atomic mass is 10.2. The lowest BCUT2D eigenvalue weighted by molar-refractivity contribution is 0.903. The molecule has 1 atom stereocenters. The third kappa shape index (κ3) is 2.77. The molecule has 0 aliphatic heterocycles. The number of hydrogen-bond donors (Lipinski definition) is 1. The number of rotatable bonds is 4. The third-order valence-electron chi connectivity index (χ3n) is 2.30. The summed E-state index contributed by atoms with van der Waals surface area (Å²) in [5.74, 6) is 0. The van der Waals surface area contributed by atoms with E-state index < -0.39 is 0 Å². The molecule has 2 aromatic heterocycles. The molecule has 0 fully saturated rings. The van der Waals surface area contributed by atoms with Crippen LogP contribution in [0.3, 0.4) is 0 Å². The summed E-state index contributed by atoms with van der Waals surface area (Å²) in [6.45, 7) is 2.16. The zero-order valence-electron chi connectivity index (χ0n) is 9.31. The highest BCUT2D eigenvalue weighted by atomic mass is 32.2. The van der Waals surface area contributed by atoms with Crippen LogP contribution in [0.1, 0.15) is 17.8 Å². The molecule has 84 valence electrons. The van der Waals surface area contributed by atoms with Crippen LogP contribution < -0.4 is 5.32 Å². The van der Waals surface area contributed by atoms with Gasteiger partial charge in [-0.05, 0) is 36.8 Å². The molecule has 0 saturated heterocycles. The largest absolute Gasteiger partial charge is 0.376 e. The van der Waals surface area contributed by atoms with Gasteiger partial charge in [-0.1, -0.05) is 6.07 Å². The molecule has 2 aromatic rings. The highest BCUT2D eigenvalue weighted by Gasteiger charge is 2.05. The maximum absolute atomic E-state index is 4.34. The smallest absolute Gasteiger partial charge is 0.0958 e. The Hall–Kier alpha value is -1.00. The molecule has 16 heavy (non-hydrogen) atoms. The first-order chi connectivity index (χ1) is 7.79. The standard InChI is InChI=1S/C12H14N2S2/c1-9(11-4-3-7-16-11)14-10-5-6-12(15-2)13-8-10/h3-9,14H,1-2H3. The first-order valence-electron chi connectivity index (χ1n) is 5.09. The van der Waals surface area contributed by atoms with Crippen molar-refractivity contribution in [1.29, 1.82) is 0 Å². The van der Waals surface area contributed by atoms with Crippen molar-refractivity contribution in [2.75, 3.05) is 11.6 Å². The monoisotopic (exact) mass is 250 g/mol. The molecule has 0 aliphatic carbocycles. The van der Waals surface area contributed by atoms with E-state index in [1.807, 2.05) is 18.5 Å². The minimum atomic E-state index is 0.335. The van der Waals surface area contributed by atoms with Gasteiger partial charge in [0.2, 0.25) is 0 Å². The van der Waals surface area contributed by atoms with Gasteiger partial charge in [-0.2, -0.15) is 0 Å². The topological polar surface area (TPSA) is 24.9 Å². The number of thioether (sulfide) groups is 1. The van der Waals surface area contributed by atoms with Crippen molar-refractivity contribution < 1.29 is 0 Å². The van der Waals surface area contributed by atoms with Gasteiger partial charge in [-0.25, -0.2) is 4.98 Å². The van der Waals surface area contributed by atoms with Crippen LogP contribution in [0.2, 0.25) is 0 Å². The number of aromatic nitrogens is 1. The summed E-state index contributed by atoms with van der Waals surface area (Å²) in [5, 5.41) is 6.58. The predicted octanol–water partition coefficient (Wildman–Crippen LogP) is 4.04. The highest BCUT2D eigenvalue weighted by Crippen LogP contribution is 2.23. The molecule has 2 heterocycles. The van der Waals surface area contributed by atoms with Crippen LogP contribution >= 0.6 is 23.1 Å². The second-order valence-electron chi connectivity index (χ2n) is 3.47. The second kappa shape index (κ2) is 5.37. The number of nitrogens with zero attached hydrogens (tertiary/aromatic N) is 1. The maximum Gasteiger partial charge on any atom is 0.0958 e. The Morgan fingerprint density at radius 1 is 1.38 bits per heavy atom. The summed E-state index contributed by atoms with van der Waals surface area (Å²) in [5.41, 5.74) is 1.07. The molecule has 0 bridgehead atoms. The summed E-state index contributed by atoms with van der Waals surface area (Å²) < 4.78 is 0. The van der Waals surface area contributed by atoms with Crippen LogP contribution in [0.5, 0.6) is 0 Å². The van der Waals surface area contributed by atoms with E-state index in [0.29, 0.717) is 6.04 Å². The molecule has 0 aliphatic rings. The van der Waals surface area contributed by atoms with Crippen molar-refractivity contribution >= 4 is 28.8 Å². The van der Waals surface area contributed by atoms with Crippen LogP contribution in [0.25, 0.3) is 0 Å². The molecule has 1 N–H and O–H groups in total. The normalized spacial score (nSPS) is 12.4. The number of hydrogen-bond acceptors (Lipinski definition) is 4. The zero-order chi connectivity index (χ0) is 11.4. The van der Waals surface area contributed by atoms with Crippen molar-refractivity contribution in [2.45, 2.75) is 18.0 Å². The van der Waals surface area contributed by atoms with Gasteiger partial charge in [0.15, 0.2) is 0 Å². The lowest BCUT2D eigenvalue weighted by Gasteiger charge is -2.13. The van der Waals surface area contributed by atoms with E-state index >= 15 is 0 Å². The molecule has 4 heteroatoms. The Morgan fingerprint density at radius 3 is 2.81 bits per heavy atom. The molecular formula is C12H14N2S2. The minimum Gasteiger partial charge on any atom is -0.376 e. The maximum atomic E-state index is 4.34. The molecular weight excluding hydrogens is 236 g/mol. The van der Waals surface area contributed by atoms with Crippen LogP contribution in [0.4, 0.5) is 5.69 Å². The van der Waals surface area contributed by atoms with Crippen molar-refractivity contribution in [2.24, 2.45) is 0 Å². The van der Waals surface area contributed by atoms with Gasteiger partial charge < -0.3 is 5.32 Å². The molecule has 0 spiro atoms. The number of anilines is 1. The Labute approximate surface area is 104 Å². The Kier molecular flexibility index (Phi) is 3.85. The van der Waals surface area contributed by atoms with E-state index in [0.717, 1.165) is 10.7 Å².